The van der Waals surface area contributed by atoms with E-state index in [0.29, 0.717) is 0 Å². The average Bonchev–Trinajstić information content (AvgIpc) is 2.48. The van der Waals surface area contributed by atoms with E-state index in [2.05, 4.69) is 54.1 Å². The maximum absolute atomic E-state index is 9.35. The average molecular weight is 263 g/mol. The van der Waals surface area contributed by atoms with Gasteiger partial charge in [-0.25, -0.2) is 0 Å². The molecule has 0 N–H and O–H groups in total. The van der Waals surface area contributed by atoms with Gasteiger partial charge in [-0.05, 0) is 36.8 Å². The number of rotatable bonds is 1. The van der Waals surface area contributed by atoms with E-state index in [1.807, 2.05) is 18.2 Å². The van der Waals surface area contributed by atoms with Crippen molar-refractivity contribution in [2.75, 3.05) is 29.9 Å². The van der Waals surface area contributed by atoms with Crippen LogP contribution in [0.3, 0.4) is 0 Å². The van der Waals surface area contributed by atoms with Crippen molar-refractivity contribution in [1.29, 1.82) is 5.26 Å². The zero-order valence-corrected chi connectivity index (χ0v) is 11.8. The van der Waals surface area contributed by atoms with Gasteiger partial charge in [-0.15, -0.1) is 0 Å². The van der Waals surface area contributed by atoms with Gasteiger partial charge in [0.25, 0.3) is 0 Å². The molecule has 0 saturated carbocycles. The zero-order chi connectivity index (χ0) is 14.1. The fraction of sp³-hybridized carbons (Fsp3) is 0.235. The van der Waals surface area contributed by atoms with E-state index in [1.165, 1.54) is 16.9 Å². The number of nitrogens with zero attached hydrogens (tertiary/aromatic N) is 3. The van der Waals surface area contributed by atoms with Gasteiger partial charge in [-0.3, -0.25) is 0 Å². The summed E-state index contributed by atoms with van der Waals surface area (Å²) in [7, 11) is 2.11. The number of likely N-dealkylation sites (N-methyl/N-ethyl adjacent to an activating group) is 1. The minimum atomic E-state index is 0.731. The van der Waals surface area contributed by atoms with Crippen LogP contribution in [0.2, 0.25) is 0 Å². The van der Waals surface area contributed by atoms with Gasteiger partial charge in [0.05, 0.1) is 22.6 Å². The summed E-state index contributed by atoms with van der Waals surface area (Å²) < 4.78 is 0. The third kappa shape index (κ3) is 2.00. The molecule has 0 unspecified atom stereocenters. The first kappa shape index (κ1) is 12.6. The first-order valence-electron chi connectivity index (χ1n) is 6.79. The Labute approximate surface area is 119 Å². The molecule has 1 aliphatic rings. The minimum absolute atomic E-state index is 0.731. The van der Waals surface area contributed by atoms with Gasteiger partial charge >= 0.3 is 0 Å². The highest BCUT2D eigenvalue weighted by Gasteiger charge is 2.22. The Morgan fingerprint density at radius 3 is 2.50 bits per heavy atom. The van der Waals surface area contributed by atoms with Crippen molar-refractivity contribution >= 4 is 17.1 Å². The molecule has 0 bridgehead atoms. The van der Waals surface area contributed by atoms with Gasteiger partial charge in [0.1, 0.15) is 6.07 Å². The number of para-hydroxylation sites is 2. The molecule has 100 valence electrons. The Balaban J connectivity index is 2.15. The summed E-state index contributed by atoms with van der Waals surface area (Å²) in [5.41, 5.74) is 5.30. The van der Waals surface area contributed by atoms with E-state index < -0.39 is 0 Å². The van der Waals surface area contributed by atoms with E-state index in [9.17, 15) is 5.26 Å². The van der Waals surface area contributed by atoms with Crippen molar-refractivity contribution in [3.05, 3.63) is 53.6 Å². The van der Waals surface area contributed by atoms with Crippen molar-refractivity contribution in [3.63, 3.8) is 0 Å². The van der Waals surface area contributed by atoms with E-state index in [1.54, 1.807) is 0 Å². The second kappa shape index (κ2) is 4.90. The highest BCUT2D eigenvalue weighted by atomic mass is 15.3. The van der Waals surface area contributed by atoms with Gasteiger partial charge < -0.3 is 9.80 Å². The lowest BCUT2D eigenvalue weighted by Crippen LogP contribution is -2.36. The third-order valence-corrected chi connectivity index (χ3v) is 3.81. The molecule has 2 aromatic carbocycles. The number of aryl methyl sites for hydroxylation is 1. The monoisotopic (exact) mass is 263 g/mol. The molecule has 3 heteroatoms. The number of hydrogen-bond acceptors (Lipinski definition) is 3. The fourth-order valence-corrected chi connectivity index (χ4v) is 2.72. The summed E-state index contributed by atoms with van der Waals surface area (Å²) in [6.45, 7) is 3.91. The SMILES string of the molecule is Cc1ccc(C#N)c(N2CCN(C)c3ccccc32)c1. The topological polar surface area (TPSA) is 30.3 Å². The second-order valence-corrected chi connectivity index (χ2v) is 5.19. The Morgan fingerprint density at radius 1 is 1.00 bits per heavy atom. The second-order valence-electron chi connectivity index (χ2n) is 5.19. The molecule has 20 heavy (non-hydrogen) atoms. The number of fused-ring (bicyclic) bond motifs is 1. The predicted molar refractivity (Wildman–Crippen MR) is 82.6 cm³/mol. The molecule has 1 heterocycles. The summed E-state index contributed by atoms with van der Waals surface area (Å²) in [5, 5.41) is 9.35. The molecule has 0 aromatic heterocycles. The number of nitriles is 1. The predicted octanol–water partition coefficient (Wildman–Crippen LogP) is 3.45. The number of benzene rings is 2. The van der Waals surface area contributed by atoms with Crippen molar-refractivity contribution in [1.82, 2.24) is 0 Å². The molecule has 0 saturated heterocycles. The molecule has 1 aliphatic heterocycles. The fourth-order valence-electron chi connectivity index (χ4n) is 2.72. The highest BCUT2D eigenvalue weighted by molar-refractivity contribution is 5.81. The van der Waals surface area contributed by atoms with E-state index in [-0.39, 0.29) is 0 Å². The number of hydrogen-bond donors (Lipinski definition) is 0. The third-order valence-electron chi connectivity index (χ3n) is 3.81. The molecule has 0 radical (unpaired) electrons. The smallest absolute Gasteiger partial charge is 0.101 e. The lowest BCUT2D eigenvalue weighted by Gasteiger charge is -2.37. The summed E-state index contributed by atoms with van der Waals surface area (Å²) in [4.78, 5) is 4.51. The normalized spacial score (nSPS) is 13.8. The largest absolute Gasteiger partial charge is 0.371 e. The molecule has 0 aliphatic carbocycles. The highest BCUT2D eigenvalue weighted by Crippen LogP contribution is 2.38. The standard InChI is InChI=1S/C17H17N3/c1-13-7-8-14(12-18)17(11-13)20-10-9-19(2)15-5-3-4-6-16(15)20/h3-8,11H,9-10H2,1-2H3. The van der Waals surface area contributed by atoms with Crippen LogP contribution in [0.25, 0.3) is 0 Å². The minimum Gasteiger partial charge on any atom is -0.371 e. The molecule has 0 atom stereocenters. The molecule has 3 nitrogen and oxygen atoms in total. The van der Waals surface area contributed by atoms with E-state index >= 15 is 0 Å². The quantitative estimate of drug-likeness (QED) is 0.789. The van der Waals surface area contributed by atoms with Crippen LogP contribution in [0, 0.1) is 18.3 Å². The van der Waals surface area contributed by atoms with Gasteiger partial charge in [0, 0.05) is 20.1 Å². The van der Waals surface area contributed by atoms with E-state index in [0.717, 1.165) is 24.3 Å². The van der Waals surface area contributed by atoms with Gasteiger partial charge in [-0.2, -0.15) is 5.26 Å². The first-order chi connectivity index (χ1) is 9.70. The van der Waals surface area contributed by atoms with Gasteiger partial charge in [0.2, 0.25) is 0 Å². The van der Waals surface area contributed by atoms with Crippen LogP contribution in [0.15, 0.2) is 42.5 Å². The summed E-state index contributed by atoms with van der Waals surface area (Å²) in [6, 6.07) is 16.7. The Morgan fingerprint density at radius 2 is 1.75 bits per heavy atom. The summed E-state index contributed by atoms with van der Waals surface area (Å²) in [5.74, 6) is 0. The van der Waals surface area contributed by atoms with Crippen LogP contribution in [-0.4, -0.2) is 20.1 Å². The Kier molecular flexibility index (Phi) is 3.08. The summed E-state index contributed by atoms with van der Waals surface area (Å²) in [6.07, 6.45) is 0. The molecular formula is C17H17N3. The van der Waals surface area contributed by atoms with Crippen LogP contribution >= 0.6 is 0 Å². The van der Waals surface area contributed by atoms with Crippen LogP contribution in [-0.2, 0) is 0 Å². The van der Waals surface area contributed by atoms with Crippen molar-refractivity contribution in [2.24, 2.45) is 0 Å². The molecule has 2 aromatic rings. The molecular weight excluding hydrogens is 246 g/mol. The van der Waals surface area contributed by atoms with Crippen LogP contribution < -0.4 is 9.80 Å². The zero-order valence-electron chi connectivity index (χ0n) is 11.8. The molecule has 3 rings (SSSR count). The van der Waals surface area contributed by atoms with Gasteiger partial charge in [0.15, 0.2) is 0 Å². The first-order valence-corrected chi connectivity index (χ1v) is 6.79. The van der Waals surface area contributed by atoms with Crippen LogP contribution in [0.1, 0.15) is 11.1 Å². The Bertz CT molecular complexity index is 685. The molecule has 0 spiro atoms. The van der Waals surface area contributed by atoms with Gasteiger partial charge in [-0.1, -0.05) is 18.2 Å². The lowest BCUT2D eigenvalue weighted by molar-refractivity contribution is 0.821. The van der Waals surface area contributed by atoms with Crippen LogP contribution in [0.5, 0.6) is 0 Å². The van der Waals surface area contributed by atoms with Crippen molar-refractivity contribution < 1.29 is 0 Å². The molecule has 0 amide bonds. The molecule has 0 fully saturated rings. The number of anilines is 3. The lowest BCUT2D eigenvalue weighted by atomic mass is 10.1. The Hall–Kier alpha value is -2.47. The van der Waals surface area contributed by atoms with Crippen molar-refractivity contribution in [3.8, 4) is 6.07 Å². The van der Waals surface area contributed by atoms with Crippen molar-refractivity contribution in [2.45, 2.75) is 6.92 Å². The summed E-state index contributed by atoms with van der Waals surface area (Å²) >= 11 is 0. The maximum atomic E-state index is 9.35. The maximum Gasteiger partial charge on any atom is 0.101 e. The van der Waals surface area contributed by atoms with Crippen LogP contribution in [0.4, 0.5) is 17.1 Å². The van der Waals surface area contributed by atoms with E-state index in [4.69, 9.17) is 0 Å².